The molecule has 1 heterocycles. The normalized spacial score (nSPS) is 18.4. The minimum atomic E-state index is -1.21. The van der Waals surface area contributed by atoms with Gasteiger partial charge in [0.25, 0.3) is 0 Å². The number of likely N-dealkylation sites (tertiary alicyclic amines) is 1. The van der Waals surface area contributed by atoms with E-state index in [1.54, 1.807) is 4.90 Å². The number of carbonyl (C=O) groups excluding carboxylic acids is 1. The van der Waals surface area contributed by atoms with Gasteiger partial charge in [-0.2, -0.15) is 0 Å². The van der Waals surface area contributed by atoms with Crippen LogP contribution in [0.2, 0.25) is 0 Å². The number of carbonyl (C=O) groups is 3. The highest BCUT2D eigenvalue weighted by molar-refractivity contribution is 5.84. The molecule has 1 atom stereocenters. The Morgan fingerprint density at radius 3 is 2.26 bits per heavy atom. The van der Waals surface area contributed by atoms with E-state index in [1.165, 1.54) is 0 Å². The van der Waals surface area contributed by atoms with Crippen LogP contribution in [-0.4, -0.2) is 64.2 Å². The van der Waals surface area contributed by atoms with Crippen molar-refractivity contribution in [1.82, 2.24) is 9.80 Å². The molecule has 7 heteroatoms. The Bertz CT molecular complexity index is 342. The summed E-state index contributed by atoms with van der Waals surface area (Å²) < 4.78 is 0. The van der Waals surface area contributed by atoms with E-state index in [0.29, 0.717) is 19.0 Å². The Balaban J connectivity index is 2.61. The molecule has 2 N–H and O–H groups in total. The number of nitrogens with zero attached hydrogens (tertiary/aromatic N) is 2. The van der Waals surface area contributed by atoms with E-state index < -0.39 is 31.1 Å². The van der Waals surface area contributed by atoms with Crippen LogP contribution in [0.25, 0.3) is 0 Å². The molecule has 1 aliphatic heterocycles. The summed E-state index contributed by atoms with van der Waals surface area (Å²) in [4.78, 5) is 35.8. The monoisotopic (exact) mass is 272 g/mol. The maximum Gasteiger partial charge on any atom is 0.323 e. The second-order valence-electron chi connectivity index (χ2n) is 4.82. The first-order valence-corrected chi connectivity index (χ1v) is 6.41. The molecule has 0 aromatic heterocycles. The average Bonchev–Trinajstić information content (AvgIpc) is 2.75. The van der Waals surface area contributed by atoms with Gasteiger partial charge in [-0.3, -0.25) is 9.59 Å². The SMILES string of the molecule is CCCC1CCN(C(=O)N(CC(=O)O)CC(=O)O)C1. The van der Waals surface area contributed by atoms with E-state index in [2.05, 4.69) is 6.92 Å². The van der Waals surface area contributed by atoms with Crippen LogP contribution in [0, 0.1) is 5.92 Å². The smallest absolute Gasteiger partial charge is 0.323 e. The van der Waals surface area contributed by atoms with Crippen molar-refractivity contribution in [2.45, 2.75) is 26.2 Å². The summed E-state index contributed by atoms with van der Waals surface area (Å²) in [5.74, 6) is -1.98. The van der Waals surface area contributed by atoms with Crippen LogP contribution in [0.3, 0.4) is 0 Å². The Kier molecular flexibility index (Phi) is 5.59. The molecule has 7 nitrogen and oxygen atoms in total. The van der Waals surface area contributed by atoms with Crippen molar-refractivity contribution in [3.05, 3.63) is 0 Å². The first-order valence-electron chi connectivity index (χ1n) is 6.41. The summed E-state index contributed by atoms with van der Waals surface area (Å²) in [5.41, 5.74) is 0. The van der Waals surface area contributed by atoms with Gasteiger partial charge < -0.3 is 20.0 Å². The maximum absolute atomic E-state index is 12.1. The predicted molar refractivity (Wildman–Crippen MR) is 66.8 cm³/mol. The Labute approximate surface area is 111 Å². The van der Waals surface area contributed by atoms with Gasteiger partial charge in [0.05, 0.1) is 0 Å². The number of carboxylic acid groups (broad SMARTS) is 2. The Morgan fingerprint density at radius 1 is 1.21 bits per heavy atom. The van der Waals surface area contributed by atoms with Crippen molar-refractivity contribution >= 4 is 18.0 Å². The number of urea groups is 1. The van der Waals surface area contributed by atoms with Crippen LogP contribution < -0.4 is 0 Å². The first kappa shape index (κ1) is 15.3. The molecule has 0 saturated carbocycles. The van der Waals surface area contributed by atoms with Crippen LogP contribution in [0.15, 0.2) is 0 Å². The second-order valence-corrected chi connectivity index (χ2v) is 4.82. The first-order chi connectivity index (χ1) is 8.93. The van der Waals surface area contributed by atoms with E-state index in [-0.39, 0.29) is 0 Å². The molecule has 1 aliphatic rings. The molecule has 0 spiro atoms. The summed E-state index contributed by atoms with van der Waals surface area (Å²) in [7, 11) is 0. The van der Waals surface area contributed by atoms with Crippen molar-refractivity contribution < 1.29 is 24.6 Å². The van der Waals surface area contributed by atoms with Gasteiger partial charge in [0.2, 0.25) is 0 Å². The molecule has 0 aliphatic carbocycles. The van der Waals surface area contributed by atoms with E-state index in [4.69, 9.17) is 10.2 Å². The van der Waals surface area contributed by atoms with Crippen molar-refractivity contribution in [2.75, 3.05) is 26.2 Å². The van der Waals surface area contributed by atoms with Gasteiger partial charge in [0.1, 0.15) is 13.1 Å². The van der Waals surface area contributed by atoms with Gasteiger partial charge in [0.15, 0.2) is 0 Å². The van der Waals surface area contributed by atoms with Gasteiger partial charge >= 0.3 is 18.0 Å². The van der Waals surface area contributed by atoms with Crippen LogP contribution in [0.1, 0.15) is 26.2 Å². The fourth-order valence-electron chi connectivity index (χ4n) is 2.37. The summed E-state index contributed by atoms with van der Waals surface area (Å²) in [6.45, 7) is 2.06. The third kappa shape index (κ3) is 4.76. The number of hydrogen-bond donors (Lipinski definition) is 2. The molecular weight excluding hydrogens is 252 g/mol. The van der Waals surface area contributed by atoms with Gasteiger partial charge in [-0.25, -0.2) is 4.79 Å². The predicted octanol–water partition coefficient (Wildman–Crippen LogP) is 0.700. The summed E-state index contributed by atoms with van der Waals surface area (Å²) in [6.07, 6.45) is 2.97. The second kappa shape index (κ2) is 6.96. The maximum atomic E-state index is 12.1. The van der Waals surface area contributed by atoms with Crippen molar-refractivity contribution in [1.29, 1.82) is 0 Å². The molecule has 1 fully saturated rings. The van der Waals surface area contributed by atoms with Crippen LogP contribution in [0.4, 0.5) is 4.79 Å². The zero-order valence-electron chi connectivity index (χ0n) is 11.0. The topological polar surface area (TPSA) is 98.2 Å². The fourth-order valence-corrected chi connectivity index (χ4v) is 2.37. The molecule has 1 unspecified atom stereocenters. The van der Waals surface area contributed by atoms with E-state index in [9.17, 15) is 14.4 Å². The molecule has 0 bridgehead atoms. The quantitative estimate of drug-likeness (QED) is 0.741. The lowest BCUT2D eigenvalue weighted by molar-refractivity contribution is -0.140. The third-order valence-electron chi connectivity index (χ3n) is 3.18. The van der Waals surface area contributed by atoms with Gasteiger partial charge in [-0.15, -0.1) is 0 Å². The summed E-state index contributed by atoms with van der Waals surface area (Å²) in [6, 6.07) is -0.497. The largest absolute Gasteiger partial charge is 0.480 e. The van der Waals surface area contributed by atoms with E-state index >= 15 is 0 Å². The van der Waals surface area contributed by atoms with Crippen molar-refractivity contribution in [3.8, 4) is 0 Å². The Hall–Kier alpha value is -1.79. The molecule has 0 aromatic carbocycles. The summed E-state index contributed by atoms with van der Waals surface area (Å²) >= 11 is 0. The number of hydrogen-bond acceptors (Lipinski definition) is 3. The van der Waals surface area contributed by atoms with Crippen LogP contribution in [0.5, 0.6) is 0 Å². The Morgan fingerprint density at radius 2 is 1.79 bits per heavy atom. The lowest BCUT2D eigenvalue weighted by Crippen LogP contribution is -2.46. The van der Waals surface area contributed by atoms with Gasteiger partial charge in [-0.1, -0.05) is 13.3 Å². The van der Waals surface area contributed by atoms with Gasteiger partial charge in [0, 0.05) is 13.1 Å². The lowest BCUT2D eigenvalue weighted by Gasteiger charge is -2.25. The minimum Gasteiger partial charge on any atom is -0.480 e. The number of carboxylic acids is 2. The zero-order valence-corrected chi connectivity index (χ0v) is 11.0. The summed E-state index contributed by atoms with van der Waals surface area (Å²) in [5, 5.41) is 17.4. The molecule has 1 saturated heterocycles. The number of amides is 2. The van der Waals surface area contributed by atoms with Crippen molar-refractivity contribution in [2.24, 2.45) is 5.92 Å². The molecule has 0 radical (unpaired) electrons. The fraction of sp³-hybridized carbons (Fsp3) is 0.750. The number of rotatable bonds is 6. The zero-order chi connectivity index (χ0) is 14.4. The highest BCUT2D eigenvalue weighted by atomic mass is 16.4. The lowest BCUT2D eigenvalue weighted by atomic mass is 10.0. The third-order valence-corrected chi connectivity index (χ3v) is 3.18. The standard InChI is InChI=1S/C12H20N2O5/c1-2-3-9-4-5-13(6-9)12(19)14(7-10(15)16)8-11(17)18/h9H,2-8H2,1H3,(H,15,16)(H,17,18). The van der Waals surface area contributed by atoms with Crippen LogP contribution in [-0.2, 0) is 9.59 Å². The highest BCUT2D eigenvalue weighted by Gasteiger charge is 2.30. The minimum absolute atomic E-state index is 0.436. The molecule has 1 rings (SSSR count). The van der Waals surface area contributed by atoms with Crippen molar-refractivity contribution in [3.63, 3.8) is 0 Å². The van der Waals surface area contributed by atoms with Crippen LogP contribution >= 0.6 is 0 Å². The highest BCUT2D eigenvalue weighted by Crippen LogP contribution is 2.21. The molecule has 2 amide bonds. The van der Waals surface area contributed by atoms with Gasteiger partial charge in [-0.05, 0) is 18.8 Å². The van der Waals surface area contributed by atoms with E-state index in [0.717, 1.165) is 24.2 Å². The molecule has 0 aromatic rings. The molecular formula is C12H20N2O5. The van der Waals surface area contributed by atoms with E-state index in [1.807, 2.05) is 0 Å². The molecule has 19 heavy (non-hydrogen) atoms. The number of aliphatic carboxylic acids is 2. The molecule has 108 valence electrons. The average molecular weight is 272 g/mol.